The molecule has 1 rings (SSSR count). The summed E-state index contributed by atoms with van der Waals surface area (Å²) in [6.45, 7) is 0. The third-order valence-electron chi connectivity index (χ3n) is 1.46. The first-order valence-electron chi connectivity index (χ1n) is 3.33. The Morgan fingerprint density at radius 1 is 1.29 bits per heavy atom. The highest BCUT2D eigenvalue weighted by atomic mass is 35.5. The van der Waals surface area contributed by atoms with Crippen LogP contribution in [0, 0.1) is 0 Å². The van der Waals surface area contributed by atoms with Gasteiger partial charge >= 0.3 is 6.18 Å². The van der Waals surface area contributed by atoms with E-state index in [1.54, 1.807) is 0 Å². The van der Waals surface area contributed by atoms with E-state index in [0.717, 1.165) is 6.20 Å². The van der Waals surface area contributed by atoms with Gasteiger partial charge in [0, 0.05) is 11.8 Å². The van der Waals surface area contributed by atoms with Crippen molar-refractivity contribution in [3.05, 3.63) is 28.5 Å². The molecule has 0 fully saturated rings. The molecule has 0 spiro atoms. The quantitative estimate of drug-likeness (QED) is 0.531. The Morgan fingerprint density at radius 3 is 2.21 bits per heavy atom. The molecule has 0 saturated heterocycles. The van der Waals surface area contributed by atoms with Crippen molar-refractivity contribution >= 4 is 11.6 Å². The van der Waals surface area contributed by atoms with E-state index in [1.165, 1.54) is 0 Å². The molecule has 14 heavy (non-hydrogen) atoms. The van der Waals surface area contributed by atoms with Gasteiger partial charge < -0.3 is 0 Å². The lowest BCUT2D eigenvalue weighted by molar-refractivity contribution is -0.139. The van der Waals surface area contributed by atoms with Crippen molar-refractivity contribution in [3.63, 3.8) is 0 Å². The van der Waals surface area contributed by atoms with Crippen LogP contribution in [0.25, 0.3) is 0 Å². The molecule has 0 aliphatic heterocycles. The van der Waals surface area contributed by atoms with Crippen molar-refractivity contribution in [1.82, 2.24) is 4.98 Å². The fourth-order valence-corrected chi connectivity index (χ4v) is 1.19. The normalized spacial score (nSPS) is 12.2. The number of nitrogens with zero attached hydrogens (tertiary/aromatic N) is 1. The second-order valence-corrected chi connectivity index (χ2v) is 2.72. The summed E-state index contributed by atoms with van der Waals surface area (Å²) in [7, 11) is 0. The van der Waals surface area contributed by atoms with Crippen LogP contribution in [0.15, 0.2) is 12.3 Å². The van der Waals surface area contributed by atoms with Crippen molar-refractivity contribution in [3.8, 4) is 0 Å². The lowest BCUT2D eigenvalue weighted by atomic mass is 10.1. The molecule has 78 valence electrons. The molecule has 0 aromatic carbocycles. The first kappa shape index (κ1) is 11.2. The minimum atomic E-state index is -4.92. The molecule has 0 aliphatic rings. The number of hydrogen-bond acceptors (Lipinski definition) is 1. The minimum absolute atomic E-state index is 0.597. The number of pyridine rings is 1. The summed E-state index contributed by atoms with van der Waals surface area (Å²) in [6.07, 6.45) is -7.34. The molecule has 0 atom stereocenters. The summed E-state index contributed by atoms with van der Waals surface area (Å²) in [5, 5.41) is -0.963. The van der Waals surface area contributed by atoms with Crippen LogP contribution in [0.5, 0.6) is 0 Å². The predicted octanol–water partition coefficient (Wildman–Crippen LogP) is 3.69. The van der Waals surface area contributed by atoms with Gasteiger partial charge in [0.05, 0.1) is 0 Å². The highest BCUT2D eigenvalue weighted by Crippen LogP contribution is 2.39. The van der Waals surface area contributed by atoms with Crippen molar-refractivity contribution in [2.24, 2.45) is 0 Å². The van der Waals surface area contributed by atoms with E-state index in [9.17, 15) is 22.0 Å². The summed E-state index contributed by atoms with van der Waals surface area (Å²) < 4.78 is 60.9. The van der Waals surface area contributed by atoms with Crippen molar-refractivity contribution in [1.29, 1.82) is 0 Å². The van der Waals surface area contributed by atoms with Crippen LogP contribution in [0.4, 0.5) is 22.0 Å². The Hall–Kier alpha value is -0.910. The molecule has 7 heteroatoms. The number of alkyl halides is 5. The topological polar surface area (TPSA) is 12.9 Å². The van der Waals surface area contributed by atoms with E-state index in [-0.39, 0.29) is 0 Å². The average molecular weight is 232 g/mol. The van der Waals surface area contributed by atoms with E-state index >= 15 is 0 Å². The van der Waals surface area contributed by atoms with E-state index in [0.29, 0.717) is 6.07 Å². The monoisotopic (exact) mass is 231 g/mol. The van der Waals surface area contributed by atoms with E-state index in [1.807, 2.05) is 0 Å². The molecule has 0 saturated carbocycles. The maximum absolute atomic E-state index is 12.2. The average Bonchev–Trinajstić information content (AvgIpc) is 2.01. The number of halogens is 6. The zero-order valence-corrected chi connectivity index (χ0v) is 7.20. The van der Waals surface area contributed by atoms with Gasteiger partial charge in [-0.3, -0.25) is 0 Å². The molecule has 0 N–H and O–H groups in total. The predicted molar refractivity (Wildman–Crippen MR) is 39.2 cm³/mol. The maximum Gasteiger partial charge on any atom is 0.419 e. The first-order valence-corrected chi connectivity index (χ1v) is 3.71. The number of aromatic nitrogens is 1. The summed E-state index contributed by atoms with van der Waals surface area (Å²) in [5.41, 5.74) is -2.73. The summed E-state index contributed by atoms with van der Waals surface area (Å²) in [5.74, 6) is 0. The summed E-state index contributed by atoms with van der Waals surface area (Å²) in [4.78, 5) is 3.10. The Morgan fingerprint density at radius 2 is 1.86 bits per heavy atom. The van der Waals surface area contributed by atoms with Gasteiger partial charge in [0.1, 0.15) is 10.7 Å². The second kappa shape index (κ2) is 3.68. The lowest BCUT2D eigenvalue weighted by Gasteiger charge is -2.12. The molecular formula is C7H3ClF5N. The van der Waals surface area contributed by atoms with Crippen LogP contribution in [0.1, 0.15) is 17.6 Å². The Balaban J connectivity index is 3.38. The minimum Gasteiger partial charge on any atom is -0.244 e. The van der Waals surface area contributed by atoms with E-state index in [2.05, 4.69) is 4.98 Å². The van der Waals surface area contributed by atoms with Crippen LogP contribution in [0.3, 0.4) is 0 Å². The molecule has 0 radical (unpaired) electrons. The smallest absolute Gasteiger partial charge is 0.244 e. The van der Waals surface area contributed by atoms with Crippen molar-refractivity contribution < 1.29 is 22.0 Å². The van der Waals surface area contributed by atoms with Gasteiger partial charge in [-0.1, -0.05) is 11.6 Å². The van der Waals surface area contributed by atoms with Crippen molar-refractivity contribution in [2.45, 2.75) is 12.6 Å². The lowest BCUT2D eigenvalue weighted by Crippen LogP contribution is -2.11. The zero-order chi connectivity index (χ0) is 10.9. The fraction of sp³-hybridized carbons (Fsp3) is 0.286. The highest BCUT2D eigenvalue weighted by molar-refractivity contribution is 6.30. The number of rotatable bonds is 1. The summed E-state index contributed by atoms with van der Waals surface area (Å²) >= 11 is 5.09. The molecule has 0 bridgehead atoms. The highest BCUT2D eigenvalue weighted by Gasteiger charge is 2.38. The Labute approximate surface area is 80.5 Å². The van der Waals surface area contributed by atoms with Gasteiger partial charge in [-0.15, -0.1) is 0 Å². The van der Waals surface area contributed by atoms with Gasteiger partial charge in [-0.05, 0) is 6.07 Å². The molecule has 0 unspecified atom stereocenters. The van der Waals surface area contributed by atoms with Gasteiger partial charge in [0.25, 0.3) is 6.43 Å². The van der Waals surface area contributed by atoms with Crippen LogP contribution in [-0.4, -0.2) is 4.98 Å². The van der Waals surface area contributed by atoms with Crippen LogP contribution in [0.2, 0.25) is 5.15 Å². The molecule has 1 nitrogen and oxygen atoms in total. The fourth-order valence-electron chi connectivity index (χ4n) is 0.912. The maximum atomic E-state index is 12.2. The van der Waals surface area contributed by atoms with Gasteiger partial charge in [0.15, 0.2) is 0 Å². The first-order chi connectivity index (χ1) is 6.34. The molecule has 1 heterocycles. The van der Waals surface area contributed by atoms with Crippen LogP contribution >= 0.6 is 11.6 Å². The SMILES string of the molecule is FC(F)c1ccnc(Cl)c1C(F)(F)F. The Bertz CT molecular complexity index is 335. The van der Waals surface area contributed by atoms with Gasteiger partial charge in [0.2, 0.25) is 0 Å². The van der Waals surface area contributed by atoms with Crippen molar-refractivity contribution in [2.75, 3.05) is 0 Å². The standard InChI is InChI=1S/C7H3ClF5N/c8-5-4(7(11,12)13)3(6(9)10)1-2-14-5/h1-2,6H. The van der Waals surface area contributed by atoms with Crippen LogP contribution < -0.4 is 0 Å². The molecule has 1 aromatic rings. The van der Waals surface area contributed by atoms with E-state index < -0.39 is 28.9 Å². The second-order valence-electron chi connectivity index (χ2n) is 2.36. The molecule has 0 amide bonds. The molecular weight excluding hydrogens is 229 g/mol. The largest absolute Gasteiger partial charge is 0.419 e. The van der Waals surface area contributed by atoms with Gasteiger partial charge in [-0.2, -0.15) is 13.2 Å². The zero-order valence-electron chi connectivity index (χ0n) is 6.45. The Kier molecular flexibility index (Phi) is 2.94. The van der Waals surface area contributed by atoms with E-state index in [4.69, 9.17) is 11.6 Å². The van der Waals surface area contributed by atoms with Gasteiger partial charge in [-0.25, -0.2) is 13.8 Å². The third-order valence-corrected chi connectivity index (χ3v) is 1.74. The summed E-state index contributed by atoms with van der Waals surface area (Å²) in [6, 6.07) is 0.597. The third kappa shape index (κ3) is 2.12. The number of hydrogen-bond donors (Lipinski definition) is 0. The molecule has 0 aliphatic carbocycles. The van der Waals surface area contributed by atoms with Crippen LogP contribution in [-0.2, 0) is 6.18 Å². The molecule has 1 aromatic heterocycles.